The molecule has 0 amide bonds. The molecule has 2 rings (SSSR count). The molecular weight excluding hydrogens is 258 g/mol. The van der Waals surface area contributed by atoms with Crippen molar-refractivity contribution in [3.8, 4) is 0 Å². The number of aromatic nitrogens is 2. The van der Waals surface area contributed by atoms with Crippen molar-refractivity contribution >= 4 is 18.0 Å². The van der Waals surface area contributed by atoms with Crippen LogP contribution in [0.15, 0.2) is 18.5 Å². The third-order valence-corrected chi connectivity index (χ3v) is 3.28. The highest BCUT2D eigenvalue weighted by Gasteiger charge is 2.21. The lowest BCUT2D eigenvalue weighted by atomic mass is 9.99. The van der Waals surface area contributed by atoms with Gasteiger partial charge in [-0.25, -0.2) is 14.8 Å². The normalized spacial score (nSPS) is 19.4. The Balaban J connectivity index is 2.00. The highest BCUT2D eigenvalue weighted by Crippen LogP contribution is 2.20. The maximum Gasteiger partial charge on any atom is 0.328 e. The summed E-state index contributed by atoms with van der Waals surface area (Å²) in [6.45, 7) is 2.61. The van der Waals surface area contributed by atoms with Crippen molar-refractivity contribution in [2.45, 2.75) is 12.8 Å². The van der Waals surface area contributed by atoms with Crippen LogP contribution in [0.2, 0.25) is 0 Å². The van der Waals surface area contributed by atoms with Crippen LogP contribution in [0.3, 0.4) is 0 Å². The van der Waals surface area contributed by atoms with E-state index in [0.29, 0.717) is 17.4 Å². The number of ether oxygens (including phenoxy) is 1. The number of anilines is 1. The summed E-state index contributed by atoms with van der Waals surface area (Å²) in [4.78, 5) is 21.2. The number of piperidine rings is 1. The van der Waals surface area contributed by atoms with Crippen LogP contribution in [0.25, 0.3) is 6.08 Å². The first-order valence-corrected chi connectivity index (χ1v) is 6.66. The zero-order chi connectivity index (χ0) is 14.4. The van der Waals surface area contributed by atoms with Gasteiger partial charge in [-0.3, -0.25) is 0 Å². The first-order chi connectivity index (χ1) is 9.69. The topological polar surface area (TPSA) is 75.5 Å². The summed E-state index contributed by atoms with van der Waals surface area (Å²) in [6.07, 6.45) is 8.12. The molecule has 0 aromatic carbocycles. The molecule has 1 atom stereocenters. The zero-order valence-corrected chi connectivity index (χ0v) is 11.5. The van der Waals surface area contributed by atoms with Crippen molar-refractivity contribution in [2.24, 2.45) is 5.92 Å². The Kier molecular flexibility index (Phi) is 5.06. The van der Waals surface area contributed by atoms with Gasteiger partial charge < -0.3 is 14.7 Å². The monoisotopic (exact) mass is 277 g/mol. The molecule has 1 unspecified atom stereocenters. The molecule has 0 radical (unpaired) electrons. The second kappa shape index (κ2) is 7.00. The van der Waals surface area contributed by atoms with Gasteiger partial charge in [0.15, 0.2) is 0 Å². The third-order valence-electron chi connectivity index (χ3n) is 3.28. The van der Waals surface area contributed by atoms with Crippen molar-refractivity contribution in [2.75, 3.05) is 31.7 Å². The Hall–Kier alpha value is -1.95. The fourth-order valence-corrected chi connectivity index (χ4v) is 2.37. The van der Waals surface area contributed by atoms with E-state index in [-0.39, 0.29) is 0 Å². The summed E-state index contributed by atoms with van der Waals surface area (Å²) in [6, 6.07) is 0. The lowest BCUT2D eigenvalue weighted by Crippen LogP contribution is -2.38. The molecule has 1 aromatic rings. The predicted octanol–water partition coefficient (Wildman–Crippen LogP) is 1.44. The van der Waals surface area contributed by atoms with Crippen LogP contribution >= 0.6 is 0 Å². The average molecular weight is 277 g/mol. The molecule has 1 N–H and O–H groups in total. The second-order valence-electron chi connectivity index (χ2n) is 4.90. The van der Waals surface area contributed by atoms with E-state index in [1.807, 2.05) is 0 Å². The van der Waals surface area contributed by atoms with E-state index in [4.69, 9.17) is 9.84 Å². The number of methoxy groups -OCH3 is 1. The Bertz CT molecular complexity index is 471. The number of nitrogens with zero attached hydrogens (tertiary/aromatic N) is 3. The fourth-order valence-electron chi connectivity index (χ4n) is 2.37. The molecule has 1 aliphatic rings. The minimum atomic E-state index is -0.979. The van der Waals surface area contributed by atoms with Gasteiger partial charge in [0.05, 0.1) is 6.61 Å². The Morgan fingerprint density at radius 2 is 2.30 bits per heavy atom. The van der Waals surface area contributed by atoms with Crippen LogP contribution in [0.5, 0.6) is 0 Å². The van der Waals surface area contributed by atoms with Crippen molar-refractivity contribution < 1.29 is 14.6 Å². The summed E-state index contributed by atoms with van der Waals surface area (Å²) in [5.74, 6) is 0.231. The Morgan fingerprint density at radius 1 is 1.55 bits per heavy atom. The van der Waals surface area contributed by atoms with E-state index in [9.17, 15) is 4.79 Å². The van der Waals surface area contributed by atoms with Crippen molar-refractivity contribution in [1.29, 1.82) is 0 Å². The van der Waals surface area contributed by atoms with Gasteiger partial charge in [0.1, 0.15) is 0 Å². The Morgan fingerprint density at radius 3 is 2.95 bits per heavy atom. The summed E-state index contributed by atoms with van der Waals surface area (Å²) in [5.41, 5.74) is 0.682. The number of hydrogen-bond acceptors (Lipinski definition) is 5. The van der Waals surface area contributed by atoms with Gasteiger partial charge in [-0.05, 0) is 24.8 Å². The molecule has 1 aliphatic heterocycles. The molecule has 2 heterocycles. The highest BCUT2D eigenvalue weighted by atomic mass is 16.5. The summed E-state index contributed by atoms with van der Waals surface area (Å²) >= 11 is 0. The molecule has 20 heavy (non-hydrogen) atoms. The number of aliphatic carboxylic acids is 1. The van der Waals surface area contributed by atoms with E-state index in [1.54, 1.807) is 19.5 Å². The van der Waals surface area contributed by atoms with Gasteiger partial charge in [0.2, 0.25) is 5.95 Å². The highest BCUT2D eigenvalue weighted by molar-refractivity contribution is 5.85. The quantitative estimate of drug-likeness (QED) is 0.821. The number of rotatable bonds is 5. The fraction of sp³-hybridized carbons (Fsp3) is 0.500. The van der Waals surface area contributed by atoms with E-state index in [1.165, 1.54) is 12.5 Å². The number of hydrogen-bond donors (Lipinski definition) is 1. The van der Waals surface area contributed by atoms with E-state index < -0.39 is 5.97 Å². The smallest absolute Gasteiger partial charge is 0.328 e. The lowest BCUT2D eigenvalue weighted by Gasteiger charge is -2.32. The second-order valence-corrected chi connectivity index (χ2v) is 4.90. The molecule has 6 nitrogen and oxygen atoms in total. The molecule has 0 aliphatic carbocycles. The van der Waals surface area contributed by atoms with Crippen LogP contribution in [0, 0.1) is 5.92 Å². The molecule has 0 bridgehead atoms. The van der Waals surface area contributed by atoms with Crippen LogP contribution in [0.1, 0.15) is 18.4 Å². The minimum absolute atomic E-state index is 0.518. The third kappa shape index (κ3) is 4.03. The standard InChI is InChI=1S/C14H19N3O3/c1-20-10-12-3-2-6-17(9-12)14-15-7-11(8-16-14)4-5-13(18)19/h4-5,7-8,12H,2-3,6,9-10H2,1H3,(H,18,19)/b5-4+. The predicted molar refractivity (Wildman–Crippen MR) is 75.5 cm³/mol. The summed E-state index contributed by atoms with van der Waals surface area (Å²) in [7, 11) is 1.72. The van der Waals surface area contributed by atoms with Crippen molar-refractivity contribution in [1.82, 2.24) is 9.97 Å². The molecule has 0 saturated carbocycles. The van der Waals surface area contributed by atoms with Crippen LogP contribution in [-0.2, 0) is 9.53 Å². The van der Waals surface area contributed by atoms with Crippen molar-refractivity contribution in [3.63, 3.8) is 0 Å². The number of carboxylic acids is 1. The SMILES string of the molecule is COCC1CCCN(c2ncc(/C=C/C(=O)O)cn2)C1. The van der Waals surface area contributed by atoms with E-state index in [0.717, 1.165) is 32.2 Å². The van der Waals surface area contributed by atoms with Crippen LogP contribution < -0.4 is 4.90 Å². The summed E-state index contributed by atoms with van der Waals surface area (Å²) in [5, 5.41) is 8.57. The van der Waals surface area contributed by atoms with Gasteiger partial charge in [0.25, 0.3) is 0 Å². The molecule has 0 spiro atoms. The first-order valence-electron chi connectivity index (χ1n) is 6.66. The summed E-state index contributed by atoms with van der Waals surface area (Å²) < 4.78 is 5.21. The molecule has 6 heteroatoms. The maximum atomic E-state index is 10.4. The van der Waals surface area contributed by atoms with Gasteiger partial charge >= 0.3 is 5.97 Å². The minimum Gasteiger partial charge on any atom is -0.478 e. The molecule has 1 aromatic heterocycles. The van der Waals surface area contributed by atoms with E-state index in [2.05, 4.69) is 14.9 Å². The average Bonchev–Trinajstić information content (AvgIpc) is 2.46. The zero-order valence-electron chi connectivity index (χ0n) is 11.5. The van der Waals surface area contributed by atoms with Gasteiger partial charge in [0, 0.05) is 44.2 Å². The van der Waals surface area contributed by atoms with Gasteiger partial charge in [-0.2, -0.15) is 0 Å². The van der Waals surface area contributed by atoms with Crippen molar-refractivity contribution in [3.05, 3.63) is 24.0 Å². The number of carboxylic acid groups (broad SMARTS) is 1. The number of carbonyl (C=O) groups is 1. The molecular formula is C14H19N3O3. The lowest BCUT2D eigenvalue weighted by molar-refractivity contribution is -0.131. The van der Waals surface area contributed by atoms with Gasteiger partial charge in [-0.1, -0.05) is 0 Å². The Labute approximate surface area is 118 Å². The van der Waals surface area contributed by atoms with Gasteiger partial charge in [-0.15, -0.1) is 0 Å². The van der Waals surface area contributed by atoms with E-state index >= 15 is 0 Å². The van der Waals surface area contributed by atoms with Crippen LogP contribution in [-0.4, -0.2) is 47.8 Å². The largest absolute Gasteiger partial charge is 0.478 e. The van der Waals surface area contributed by atoms with Crippen LogP contribution in [0.4, 0.5) is 5.95 Å². The molecule has 1 saturated heterocycles. The maximum absolute atomic E-state index is 10.4. The molecule has 1 fully saturated rings. The first kappa shape index (κ1) is 14.5. The molecule has 108 valence electrons.